The van der Waals surface area contributed by atoms with Crippen LogP contribution in [0.15, 0.2) is 53.9 Å². The van der Waals surface area contributed by atoms with E-state index >= 15 is 0 Å². The van der Waals surface area contributed by atoms with Gasteiger partial charge < -0.3 is 15.1 Å². The fourth-order valence-electron chi connectivity index (χ4n) is 3.75. The van der Waals surface area contributed by atoms with Gasteiger partial charge in [-0.25, -0.2) is 13.0 Å². The van der Waals surface area contributed by atoms with Crippen LogP contribution in [-0.2, 0) is 28.4 Å². The van der Waals surface area contributed by atoms with E-state index in [9.17, 15) is 26.8 Å². The minimum Gasteiger partial charge on any atom is -0.325 e. The van der Waals surface area contributed by atoms with E-state index < -0.39 is 40.3 Å². The van der Waals surface area contributed by atoms with Gasteiger partial charge in [-0.05, 0) is 30.3 Å². The van der Waals surface area contributed by atoms with Gasteiger partial charge in [-0.1, -0.05) is 12.1 Å². The minimum atomic E-state index is -4.23. The minimum absolute atomic E-state index is 0.00271. The number of hydrogen-bond acceptors (Lipinski definition) is 8. The van der Waals surface area contributed by atoms with Crippen molar-refractivity contribution in [2.24, 2.45) is 0 Å². The van der Waals surface area contributed by atoms with Crippen molar-refractivity contribution in [1.82, 2.24) is 0 Å². The summed E-state index contributed by atoms with van der Waals surface area (Å²) in [5.41, 5.74) is 0.498. The average molecular weight is 479 g/mol. The summed E-state index contributed by atoms with van der Waals surface area (Å²) in [5, 5.41) is 2.40. The highest BCUT2D eigenvalue weighted by Gasteiger charge is 2.41. The Balaban J connectivity index is 1.75. The maximum atomic E-state index is 14.1. The Labute approximate surface area is 188 Å². The topological polar surface area (TPSA) is 105 Å². The summed E-state index contributed by atoms with van der Waals surface area (Å²) in [6.45, 7) is -0.328. The molecule has 0 atom stereocenters. The summed E-state index contributed by atoms with van der Waals surface area (Å²) >= 11 is 0. The molecule has 0 bridgehead atoms. The van der Waals surface area contributed by atoms with Crippen LogP contribution in [0.5, 0.6) is 0 Å². The van der Waals surface area contributed by atoms with Crippen LogP contribution in [0.3, 0.4) is 0 Å². The average Bonchev–Trinajstić information content (AvgIpc) is 3.07. The number of anilines is 3. The number of fused-ring (bicyclic) bond motifs is 3. The molecule has 0 fully saturated rings. The number of amides is 1. The predicted molar refractivity (Wildman–Crippen MR) is 115 cm³/mol. The van der Waals surface area contributed by atoms with Gasteiger partial charge in [0.2, 0.25) is 0 Å². The third-order valence-electron chi connectivity index (χ3n) is 5.19. The maximum Gasteiger partial charge on any atom is 0.399 e. The lowest BCUT2D eigenvalue weighted by Crippen LogP contribution is -2.41. The fraction of sp³-hybridized carbons (Fsp3) is 0.238. The van der Waals surface area contributed by atoms with Crippen molar-refractivity contribution < 1.29 is 35.2 Å². The molecule has 0 aromatic heterocycles. The van der Waals surface area contributed by atoms with Gasteiger partial charge >= 0.3 is 10.4 Å². The van der Waals surface area contributed by atoms with Crippen LogP contribution in [0.2, 0.25) is 0 Å². The van der Waals surface area contributed by atoms with Crippen molar-refractivity contribution in [1.29, 1.82) is 0 Å². The first-order chi connectivity index (χ1) is 15.7. The molecule has 33 heavy (non-hydrogen) atoms. The number of nitrogens with zero attached hydrogens (tertiary/aromatic N) is 2. The lowest BCUT2D eigenvalue weighted by Gasteiger charge is -2.30. The Bertz CT molecular complexity index is 1260. The number of halogens is 2. The third-order valence-corrected chi connectivity index (χ3v) is 6.05. The molecule has 2 aliphatic heterocycles. The number of hydrogen-bond donors (Lipinski definition) is 1. The molecule has 0 saturated carbocycles. The van der Waals surface area contributed by atoms with E-state index in [0.717, 1.165) is 13.2 Å². The first kappa shape index (κ1) is 22.8. The predicted octanol–water partition coefficient (Wildman–Crippen LogP) is 2.32. The van der Waals surface area contributed by atoms with Crippen LogP contribution in [-0.4, -0.2) is 46.9 Å². The number of Topliss-reactive ketones (excluding diaryl/α,β-unsaturated/α-hetero) is 1. The van der Waals surface area contributed by atoms with E-state index in [0.29, 0.717) is 11.4 Å². The van der Waals surface area contributed by atoms with Gasteiger partial charge in [0.05, 0.1) is 30.8 Å². The van der Waals surface area contributed by atoms with Gasteiger partial charge in [0.1, 0.15) is 23.0 Å². The largest absolute Gasteiger partial charge is 0.399 e. The van der Waals surface area contributed by atoms with E-state index in [1.165, 1.54) is 41.3 Å². The standard InChI is InChI=1S/C21H19F2N3O6S/c1-31-33(29,30)32-11-10-26-17-12-13(22)6-7-16(17)25-9-8-18(27)19(21(25)26)20(28)24-15-5-3-2-4-14(15)23/h2-7,12H,8-11H2,1H3,(H,24,28). The van der Waals surface area contributed by atoms with Crippen LogP contribution < -0.4 is 15.1 Å². The number of ketones is 1. The monoisotopic (exact) mass is 479 g/mol. The van der Waals surface area contributed by atoms with Gasteiger partial charge in [-0.2, -0.15) is 8.42 Å². The summed E-state index contributed by atoms with van der Waals surface area (Å²) in [4.78, 5) is 29.0. The number of carbonyl (C=O) groups is 2. The molecule has 0 aliphatic carbocycles. The van der Waals surface area contributed by atoms with Crippen molar-refractivity contribution in [2.75, 3.05) is 41.9 Å². The van der Waals surface area contributed by atoms with Gasteiger partial charge in [0.25, 0.3) is 5.91 Å². The van der Waals surface area contributed by atoms with E-state index in [1.54, 1.807) is 4.90 Å². The van der Waals surface area contributed by atoms with Crippen molar-refractivity contribution >= 4 is 39.2 Å². The molecule has 0 spiro atoms. The molecular weight excluding hydrogens is 460 g/mol. The first-order valence-electron chi connectivity index (χ1n) is 9.85. The summed E-state index contributed by atoms with van der Waals surface area (Å²) in [5.74, 6) is -2.43. The number of benzene rings is 2. The molecule has 2 aliphatic rings. The van der Waals surface area contributed by atoms with Crippen molar-refractivity contribution in [3.63, 3.8) is 0 Å². The van der Waals surface area contributed by atoms with Gasteiger partial charge in [-0.3, -0.25) is 13.8 Å². The molecule has 0 unspecified atom stereocenters. The maximum absolute atomic E-state index is 14.1. The molecule has 2 aromatic rings. The van der Waals surface area contributed by atoms with Crippen LogP contribution >= 0.6 is 0 Å². The Morgan fingerprint density at radius 2 is 1.91 bits per heavy atom. The number of para-hydroxylation sites is 1. The van der Waals surface area contributed by atoms with Crippen molar-refractivity contribution in [3.05, 3.63) is 65.5 Å². The van der Waals surface area contributed by atoms with Crippen LogP contribution in [0.4, 0.5) is 25.8 Å². The second-order valence-electron chi connectivity index (χ2n) is 7.14. The first-order valence-corrected chi connectivity index (χ1v) is 11.2. The number of rotatable bonds is 7. The van der Waals surface area contributed by atoms with Crippen LogP contribution in [0.1, 0.15) is 6.42 Å². The van der Waals surface area contributed by atoms with E-state index in [-0.39, 0.29) is 36.6 Å². The quantitative estimate of drug-likeness (QED) is 0.604. The van der Waals surface area contributed by atoms with E-state index in [2.05, 4.69) is 9.50 Å². The van der Waals surface area contributed by atoms with Gasteiger partial charge in [-0.15, -0.1) is 0 Å². The summed E-state index contributed by atoms with van der Waals surface area (Å²) in [6.07, 6.45) is 0.00271. The molecular formula is C21H19F2N3O6S. The molecule has 2 aromatic carbocycles. The highest BCUT2D eigenvalue weighted by atomic mass is 32.3. The second kappa shape index (κ2) is 8.89. The normalized spacial score (nSPS) is 15.5. The molecule has 12 heteroatoms. The Morgan fingerprint density at radius 3 is 2.64 bits per heavy atom. The molecule has 9 nitrogen and oxygen atoms in total. The zero-order valence-corrected chi connectivity index (χ0v) is 18.2. The molecule has 0 saturated heterocycles. The summed E-state index contributed by atoms with van der Waals surface area (Å²) < 4.78 is 60.1. The molecule has 2 heterocycles. The zero-order chi connectivity index (χ0) is 23.8. The molecule has 174 valence electrons. The van der Waals surface area contributed by atoms with Crippen molar-refractivity contribution in [3.8, 4) is 0 Å². The van der Waals surface area contributed by atoms with Gasteiger partial charge in [0.15, 0.2) is 5.78 Å². The SMILES string of the molecule is COS(=O)(=O)OCCN1C2=C(C(=O)Nc3ccccc3F)C(=O)CCN2c2ccc(F)cc21. The molecule has 1 N–H and O–H groups in total. The fourth-order valence-corrected chi connectivity index (χ4v) is 4.13. The van der Waals surface area contributed by atoms with Crippen LogP contribution in [0.25, 0.3) is 0 Å². The number of carbonyl (C=O) groups excluding carboxylic acids is 2. The third kappa shape index (κ3) is 4.45. The Morgan fingerprint density at radius 1 is 1.15 bits per heavy atom. The number of nitrogens with one attached hydrogen (secondary N) is 1. The van der Waals surface area contributed by atoms with E-state index in [4.69, 9.17) is 4.18 Å². The Kier molecular flexibility index (Phi) is 6.15. The van der Waals surface area contributed by atoms with Crippen LogP contribution in [0, 0.1) is 11.6 Å². The smallest absolute Gasteiger partial charge is 0.325 e. The molecule has 4 rings (SSSR count). The van der Waals surface area contributed by atoms with Gasteiger partial charge in [0, 0.05) is 19.5 Å². The zero-order valence-electron chi connectivity index (χ0n) is 17.4. The molecule has 1 amide bonds. The molecule has 0 radical (unpaired) electrons. The summed E-state index contributed by atoms with van der Waals surface area (Å²) in [6, 6.07) is 9.45. The summed E-state index contributed by atoms with van der Waals surface area (Å²) in [7, 11) is -3.29. The highest BCUT2D eigenvalue weighted by Crippen LogP contribution is 2.45. The van der Waals surface area contributed by atoms with Crippen molar-refractivity contribution in [2.45, 2.75) is 6.42 Å². The van der Waals surface area contributed by atoms with E-state index in [1.807, 2.05) is 0 Å². The highest BCUT2D eigenvalue weighted by molar-refractivity contribution is 7.81. The lowest BCUT2D eigenvalue weighted by molar-refractivity contribution is -0.120. The Hall–Kier alpha value is -3.35. The lowest BCUT2D eigenvalue weighted by atomic mass is 10.0. The second-order valence-corrected chi connectivity index (χ2v) is 8.52.